The molecule has 0 bridgehead atoms. The van der Waals surface area contributed by atoms with E-state index in [1.807, 2.05) is 18.0 Å². The standard InChI is InChI=1S/C14H20N2O/c1-3-9-15(2)14(17)16-10-13(11-16)12-7-5-4-6-8-12/h4-8,13H,3,9-11H2,1-2H3. The van der Waals surface area contributed by atoms with E-state index >= 15 is 0 Å². The molecule has 1 aliphatic rings. The maximum Gasteiger partial charge on any atom is 0.319 e. The molecule has 0 spiro atoms. The number of carbonyl (C=O) groups excluding carboxylic acids is 1. The molecule has 0 saturated carbocycles. The second kappa shape index (κ2) is 5.21. The molecule has 0 atom stereocenters. The van der Waals surface area contributed by atoms with Crippen LogP contribution in [0.25, 0.3) is 0 Å². The second-order valence-corrected chi connectivity index (χ2v) is 4.72. The molecule has 0 radical (unpaired) electrons. The van der Waals surface area contributed by atoms with Crippen molar-refractivity contribution in [1.29, 1.82) is 0 Å². The fourth-order valence-electron chi connectivity index (χ4n) is 2.24. The van der Waals surface area contributed by atoms with Crippen LogP contribution < -0.4 is 0 Å². The Kier molecular flexibility index (Phi) is 3.67. The van der Waals surface area contributed by atoms with Crippen molar-refractivity contribution in [2.75, 3.05) is 26.7 Å². The van der Waals surface area contributed by atoms with Crippen molar-refractivity contribution in [3.8, 4) is 0 Å². The predicted molar refractivity (Wildman–Crippen MR) is 69.1 cm³/mol. The van der Waals surface area contributed by atoms with Crippen LogP contribution in [0.2, 0.25) is 0 Å². The number of likely N-dealkylation sites (tertiary alicyclic amines) is 1. The van der Waals surface area contributed by atoms with Gasteiger partial charge in [0.05, 0.1) is 0 Å². The molecule has 0 aliphatic carbocycles. The number of amides is 2. The number of nitrogens with zero attached hydrogens (tertiary/aromatic N) is 2. The van der Waals surface area contributed by atoms with E-state index in [0.717, 1.165) is 26.1 Å². The molecule has 1 saturated heterocycles. The van der Waals surface area contributed by atoms with E-state index in [-0.39, 0.29) is 6.03 Å². The largest absolute Gasteiger partial charge is 0.328 e. The molecule has 1 aromatic rings. The first-order valence-electron chi connectivity index (χ1n) is 6.27. The predicted octanol–water partition coefficient (Wildman–Crippen LogP) is 2.55. The molecule has 3 heteroatoms. The third-order valence-corrected chi connectivity index (χ3v) is 3.31. The highest BCUT2D eigenvalue weighted by atomic mass is 16.2. The Bertz CT molecular complexity index is 371. The molecular weight excluding hydrogens is 212 g/mol. The zero-order chi connectivity index (χ0) is 12.3. The van der Waals surface area contributed by atoms with Gasteiger partial charge in [0.25, 0.3) is 0 Å². The molecule has 1 aliphatic heterocycles. The summed E-state index contributed by atoms with van der Waals surface area (Å²) < 4.78 is 0. The molecule has 17 heavy (non-hydrogen) atoms. The summed E-state index contributed by atoms with van der Waals surface area (Å²) in [6.07, 6.45) is 1.01. The summed E-state index contributed by atoms with van der Waals surface area (Å²) in [5, 5.41) is 0. The maximum atomic E-state index is 11.9. The average molecular weight is 232 g/mol. The lowest BCUT2D eigenvalue weighted by molar-refractivity contribution is 0.122. The van der Waals surface area contributed by atoms with Gasteiger partial charge in [-0.15, -0.1) is 0 Å². The maximum absolute atomic E-state index is 11.9. The van der Waals surface area contributed by atoms with Gasteiger partial charge in [0.2, 0.25) is 0 Å². The van der Waals surface area contributed by atoms with Gasteiger partial charge in [-0.3, -0.25) is 0 Å². The molecule has 0 aromatic heterocycles. The molecular formula is C14H20N2O. The highest BCUT2D eigenvalue weighted by molar-refractivity contribution is 5.75. The number of carbonyl (C=O) groups is 1. The van der Waals surface area contributed by atoms with Crippen LogP contribution in [-0.2, 0) is 0 Å². The van der Waals surface area contributed by atoms with E-state index in [2.05, 4.69) is 31.2 Å². The second-order valence-electron chi connectivity index (χ2n) is 4.72. The van der Waals surface area contributed by atoms with Gasteiger partial charge in [-0.2, -0.15) is 0 Å². The zero-order valence-electron chi connectivity index (χ0n) is 10.6. The Morgan fingerprint density at radius 3 is 2.59 bits per heavy atom. The lowest BCUT2D eigenvalue weighted by Crippen LogP contribution is -2.53. The molecule has 1 aromatic carbocycles. The van der Waals surface area contributed by atoms with Gasteiger partial charge in [-0.1, -0.05) is 37.3 Å². The van der Waals surface area contributed by atoms with E-state index < -0.39 is 0 Å². The van der Waals surface area contributed by atoms with Crippen molar-refractivity contribution in [2.24, 2.45) is 0 Å². The van der Waals surface area contributed by atoms with Crippen molar-refractivity contribution < 1.29 is 4.79 Å². The third kappa shape index (κ3) is 2.60. The lowest BCUT2D eigenvalue weighted by Gasteiger charge is -2.41. The fourth-order valence-corrected chi connectivity index (χ4v) is 2.24. The fraction of sp³-hybridized carbons (Fsp3) is 0.500. The SMILES string of the molecule is CCCN(C)C(=O)N1CC(c2ccccc2)C1. The first-order chi connectivity index (χ1) is 8.22. The van der Waals surface area contributed by atoms with Gasteiger partial charge >= 0.3 is 6.03 Å². The van der Waals surface area contributed by atoms with Crippen molar-refractivity contribution in [2.45, 2.75) is 19.3 Å². The van der Waals surface area contributed by atoms with Crippen molar-refractivity contribution in [1.82, 2.24) is 9.80 Å². The van der Waals surface area contributed by atoms with E-state index in [0.29, 0.717) is 5.92 Å². The van der Waals surface area contributed by atoms with Crippen LogP contribution in [0.1, 0.15) is 24.8 Å². The van der Waals surface area contributed by atoms with Gasteiger partial charge in [0, 0.05) is 32.6 Å². The summed E-state index contributed by atoms with van der Waals surface area (Å²) >= 11 is 0. The van der Waals surface area contributed by atoms with Crippen molar-refractivity contribution in [3.63, 3.8) is 0 Å². The van der Waals surface area contributed by atoms with Crippen LogP contribution in [0.5, 0.6) is 0 Å². The topological polar surface area (TPSA) is 23.6 Å². The lowest BCUT2D eigenvalue weighted by atomic mass is 9.92. The van der Waals surface area contributed by atoms with Gasteiger partial charge in [-0.25, -0.2) is 4.79 Å². The summed E-state index contributed by atoms with van der Waals surface area (Å²) in [5.41, 5.74) is 1.34. The summed E-state index contributed by atoms with van der Waals surface area (Å²) in [6.45, 7) is 4.64. The highest BCUT2D eigenvalue weighted by Gasteiger charge is 2.32. The first-order valence-corrected chi connectivity index (χ1v) is 6.27. The number of benzene rings is 1. The summed E-state index contributed by atoms with van der Waals surface area (Å²) in [7, 11) is 1.88. The molecule has 1 heterocycles. The average Bonchev–Trinajstić information content (AvgIpc) is 2.28. The summed E-state index contributed by atoms with van der Waals surface area (Å²) in [4.78, 5) is 15.7. The van der Waals surface area contributed by atoms with Gasteiger partial charge < -0.3 is 9.80 Å². The first kappa shape index (κ1) is 12.0. The molecule has 92 valence electrons. The minimum Gasteiger partial charge on any atom is -0.328 e. The van der Waals surface area contributed by atoms with Crippen LogP contribution in [0.15, 0.2) is 30.3 Å². The summed E-state index contributed by atoms with van der Waals surface area (Å²) in [5.74, 6) is 0.523. The monoisotopic (exact) mass is 232 g/mol. The number of hydrogen-bond donors (Lipinski definition) is 0. The molecule has 0 N–H and O–H groups in total. The minimum absolute atomic E-state index is 0.166. The molecule has 2 rings (SSSR count). The van der Waals surface area contributed by atoms with Crippen LogP contribution in [0, 0.1) is 0 Å². The quantitative estimate of drug-likeness (QED) is 0.785. The van der Waals surface area contributed by atoms with Crippen LogP contribution >= 0.6 is 0 Å². The van der Waals surface area contributed by atoms with Crippen molar-refractivity contribution in [3.05, 3.63) is 35.9 Å². The number of urea groups is 1. The Morgan fingerprint density at radius 1 is 1.35 bits per heavy atom. The smallest absolute Gasteiger partial charge is 0.319 e. The number of rotatable bonds is 3. The molecule has 2 amide bonds. The molecule has 3 nitrogen and oxygen atoms in total. The Hall–Kier alpha value is -1.51. The van der Waals surface area contributed by atoms with Crippen LogP contribution in [-0.4, -0.2) is 42.5 Å². The normalized spacial score (nSPS) is 15.5. The highest BCUT2D eigenvalue weighted by Crippen LogP contribution is 2.27. The van der Waals surface area contributed by atoms with E-state index in [9.17, 15) is 4.79 Å². The van der Waals surface area contributed by atoms with E-state index in [1.54, 1.807) is 4.90 Å². The van der Waals surface area contributed by atoms with Gasteiger partial charge in [-0.05, 0) is 12.0 Å². The van der Waals surface area contributed by atoms with E-state index in [4.69, 9.17) is 0 Å². The zero-order valence-corrected chi connectivity index (χ0v) is 10.6. The molecule has 1 fully saturated rings. The summed E-state index contributed by atoms with van der Waals surface area (Å²) in [6, 6.07) is 10.6. The van der Waals surface area contributed by atoms with Crippen molar-refractivity contribution >= 4 is 6.03 Å². The Labute approximate surface area is 103 Å². The van der Waals surface area contributed by atoms with Crippen LogP contribution in [0.4, 0.5) is 4.79 Å². The van der Waals surface area contributed by atoms with Crippen LogP contribution in [0.3, 0.4) is 0 Å². The Balaban J connectivity index is 1.85. The minimum atomic E-state index is 0.166. The number of hydrogen-bond acceptors (Lipinski definition) is 1. The van der Waals surface area contributed by atoms with Gasteiger partial charge in [0.15, 0.2) is 0 Å². The van der Waals surface area contributed by atoms with Gasteiger partial charge in [0.1, 0.15) is 0 Å². The third-order valence-electron chi connectivity index (χ3n) is 3.31. The van der Waals surface area contributed by atoms with E-state index in [1.165, 1.54) is 5.56 Å². The Morgan fingerprint density at radius 2 is 2.00 bits per heavy atom. The molecule has 0 unspecified atom stereocenters.